The molecule has 0 nitrogen and oxygen atoms in total. The van der Waals surface area contributed by atoms with Gasteiger partial charge in [0.25, 0.3) is 0 Å². The van der Waals surface area contributed by atoms with Crippen molar-refractivity contribution in [2.24, 2.45) is 0 Å². The summed E-state index contributed by atoms with van der Waals surface area (Å²) in [6.07, 6.45) is 2.50. The van der Waals surface area contributed by atoms with Crippen LogP contribution in [-0.2, 0) is 32.7 Å². The quantitative estimate of drug-likeness (QED) is 0.133. The molecule has 0 saturated carbocycles. The minimum absolute atomic E-state index is 0. The molecule has 0 heterocycles. The molecule has 0 aromatic heterocycles. The summed E-state index contributed by atoms with van der Waals surface area (Å²) in [5.74, 6) is 0. The van der Waals surface area contributed by atoms with Crippen LogP contribution in [-0.4, -0.2) is 0 Å². The van der Waals surface area contributed by atoms with Crippen LogP contribution in [0.5, 0.6) is 0 Å². The van der Waals surface area contributed by atoms with E-state index in [-0.39, 0.29) is 47.6 Å². The van der Waals surface area contributed by atoms with Crippen LogP contribution in [0.1, 0.15) is 193 Å². The Bertz CT molecular complexity index is 1510. The van der Waals surface area contributed by atoms with Crippen molar-refractivity contribution in [1.29, 1.82) is 0 Å². The van der Waals surface area contributed by atoms with E-state index in [4.69, 9.17) is 0 Å². The van der Waals surface area contributed by atoms with E-state index >= 15 is 0 Å². The van der Waals surface area contributed by atoms with Gasteiger partial charge in [0.2, 0.25) is 0 Å². The molecule has 0 N–H and O–H groups in total. The van der Waals surface area contributed by atoms with E-state index < -0.39 is 0 Å². The monoisotopic (exact) mass is 1290 g/mol. The maximum absolute atomic E-state index is 2.12. The largest absolute Gasteiger partial charge is 0.358 e. The SMILES string of the molecule is CC.CC.CC.CC.CC.CC.CC.CC.CC.CC.CC.CCC.CCC.[CH3-].[CH3-].[Y].c1ccc2ccccc2c1.c1ccccc1.c1ccccc1.c1ccccc1.c1ccccc1.c1ccccc1.c1ccccc1.c1ccccc1.c1ccccc1. The Balaban J connectivity index is -0.0000000507. The summed E-state index contributed by atoms with van der Waals surface area (Å²) >= 11 is 0. The van der Waals surface area contributed by atoms with Crippen molar-refractivity contribution < 1.29 is 32.7 Å². The molecule has 10 aromatic carbocycles. The third-order valence-electron chi connectivity index (χ3n) is 6.99. The molecule has 0 fully saturated rings. The van der Waals surface area contributed by atoms with Gasteiger partial charge in [0, 0.05) is 32.7 Å². The molecule has 89 heavy (non-hydrogen) atoms. The van der Waals surface area contributed by atoms with Gasteiger partial charge in [-0.15, -0.1) is 0 Å². The maximum atomic E-state index is 2.12. The van der Waals surface area contributed by atoms with Crippen molar-refractivity contribution in [2.75, 3.05) is 0 Å². The Morgan fingerprint density at radius 2 is 0.180 bits per heavy atom. The van der Waals surface area contributed by atoms with Crippen LogP contribution in [0.25, 0.3) is 10.8 Å². The fourth-order valence-corrected chi connectivity index (χ4v) is 4.21. The molecule has 0 atom stereocenters. The van der Waals surface area contributed by atoms with Gasteiger partial charge in [-0.3, -0.25) is 0 Å². The molecule has 10 aromatic rings. The number of fused-ring (bicyclic) bond motifs is 1. The first-order valence-corrected chi connectivity index (χ1v) is 33.2. The molecule has 0 saturated heterocycles. The van der Waals surface area contributed by atoms with E-state index in [0.717, 1.165) is 0 Å². The number of hydrogen-bond acceptors (Lipinski definition) is 0. The molecule has 0 aliphatic carbocycles. The zero-order chi connectivity index (χ0) is 68.2. The summed E-state index contributed by atoms with van der Waals surface area (Å²) in [7, 11) is 0. The summed E-state index contributed by atoms with van der Waals surface area (Å²) in [6, 6.07) is 113. The van der Waals surface area contributed by atoms with E-state index in [1.807, 2.05) is 444 Å². The minimum atomic E-state index is 0. The molecular formula is C88H144Y-2. The number of rotatable bonds is 0. The second kappa shape index (κ2) is 160. The fraction of sp³-hybridized carbons (Fsp3) is 0.318. The van der Waals surface area contributed by atoms with E-state index in [2.05, 4.69) is 76.2 Å². The number of benzene rings is 10. The Kier molecular flexibility index (Phi) is 216. The molecule has 10 rings (SSSR count). The molecule has 0 amide bonds. The second-order valence-electron chi connectivity index (χ2n) is 13.0. The zero-order valence-corrected chi connectivity index (χ0v) is 66.2. The van der Waals surface area contributed by atoms with Crippen molar-refractivity contribution in [3.63, 3.8) is 0 Å². The third kappa shape index (κ3) is 146. The van der Waals surface area contributed by atoms with Crippen LogP contribution in [0.15, 0.2) is 340 Å². The van der Waals surface area contributed by atoms with E-state index in [1.54, 1.807) is 0 Å². The molecule has 501 valence electrons. The zero-order valence-electron chi connectivity index (χ0n) is 63.3. The van der Waals surface area contributed by atoms with Gasteiger partial charge in [-0.1, -0.05) is 533 Å². The third-order valence-corrected chi connectivity index (χ3v) is 6.99. The topological polar surface area (TPSA) is 0 Å². The van der Waals surface area contributed by atoms with E-state index in [0.29, 0.717) is 0 Å². The van der Waals surface area contributed by atoms with Gasteiger partial charge >= 0.3 is 0 Å². The molecular weight excluding hydrogens is 1150 g/mol. The van der Waals surface area contributed by atoms with Gasteiger partial charge in [-0.25, -0.2) is 0 Å². The van der Waals surface area contributed by atoms with Crippen molar-refractivity contribution >= 4 is 10.8 Å². The summed E-state index contributed by atoms with van der Waals surface area (Å²) in [4.78, 5) is 0. The predicted octanol–water partition coefficient (Wildman–Crippen LogP) is 31.4. The summed E-state index contributed by atoms with van der Waals surface area (Å²) in [5.41, 5.74) is 0. The Morgan fingerprint density at radius 1 is 0.135 bits per heavy atom. The van der Waals surface area contributed by atoms with Crippen LogP contribution >= 0.6 is 0 Å². The summed E-state index contributed by atoms with van der Waals surface area (Å²) in [6.45, 7) is 52.5. The average Bonchev–Trinajstić information content (AvgIpc) is 3.86. The van der Waals surface area contributed by atoms with Crippen LogP contribution < -0.4 is 0 Å². The molecule has 0 unspecified atom stereocenters. The first-order valence-electron chi connectivity index (χ1n) is 33.2. The number of hydrogen-bond donors (Lipinski definition) is 0. The van der Waals surface area contributed by atoms with Crippen LogP contribution in [0.2, 0.25) is 0 Å². The van der Waals surface area contributed by atoms with Crippen LogP contribution in [0.4, 0.5) is 0 Å². The first kappa shape index (κ1) is 120. The van der Waals surface area contributed by atoms with Gasteiger partial charge in [-0.05, 0) is 10.8 Å². The first-order chi connectivity index (χ1) is 42.8. The molecule has 0 bridgehead atoms. The van der Waals surface area contributed by atoms with Crippen molar-refractivity contribution in [3.05, 3.63) is 355 Å². The van der Waals surface area contributed by atoms with Gasteiger partial charge < -0.3 is 14.9 Å². The fourth-order valence-electron chi connectivity index (χ4n) is 4.21. The van der Waals surface area contributed by atoms with Gasteiger partial charge in [0.1, 0.15) is 0 Å². The van der Waals surface area contributed by atoms with Gasteiger partial charge in [0.05, 0.1) is 0 Å². The molecule has 0 aliphatic rings. The molecule has 0 spiro atoms. The van der Waals surface area contributed by atoms with Gasteiger partial charge in [0.15, 0.2) is 0 Å². The predicted molar refractivity (Wildman–Crippen MR) is 425 cm³/mol. The summed E-state index contributed by atoms with van der Waals surface area (Å²) in [5, 5.41) is 2.62. The van der Waals surface area contributed by atoms with Crippen molar-refractivity contribution in [3.8, 4) is 0 Å². The maximum Gasteiger partial charge on any atom is 0 e. The van der Waals surface area contributed by atoms with Gasteiger partial charge in [-0.2, -0.15) is 0 Å². The van der Waals surface area contributed by atoms with E-state index in [9.17, 15) is 0 Å². The van der Waals surface area contributed by atoms with Crippen molar-refractivity contribution in [1.82, 2.24) is 0 Å². The standard InChI is InChI=1S/C10H8.8C6H6.2C3H8.11C2H6.2CH3.Y/c1-2-6-10-8-4-3-7-9(10)5-1;8*1-2-4-6-5-3-1;2*1-3-2;11*1-2;;;/h1-8H;8*1-6H;2*3H2,1-2H3;11*1-2H3;2*1H3;/q;;;;;;;;;;;;;;;;;;;;;;2*-1;. The smallest absolute Gasteiger partial charge is 0 e. The molecule has 1 heteroatoms. The summed E-state index contributed by atoms with van der Waals surface area (Å²) < 4.78 is 0. The molecule has 1 radical (unpaired) electrons. The average molecular weight is 1290 g/mol. The van der Waals surface area contributed by atoms with E-state index in [1.165, 1.54) is 23.6 Å². The van der Waals surface area contributed by atoms with Crippen molar-refractivity contribution in [2.45, 2.75) is 193 Å². The van der Waals surface area contributed by atoms with Crippen LogP contribution in [0.3, 0.4) is 0 Å². The Morgan fingerprint density at radius 3 is 0.225 bits per heavy atom. The molecule has 0 aliphatic heterocycles. The van der Waals surface area contributed by atoms with Crippen LogP contribution in [0, 0.1) is 14.9 Å². The minimum Gasteiger partial charge on any atom is -0.358 e. The Hall–Kier alpha value is -6.44. The second-order valence-corrected chi connectivity index (χ2v) is 13.0. The Labute approximate surface area is 586 Å². The normalized spacial score (nSPS) is 6.58.